The molecule has 0 fully saturated rings. The Hall–Kier alpha value is -2.25. The number of nitrogens with one attached hydrogen (secondary N) is 1. The molecule has 0 bridgehead atoms. The minimum atomic E-state index is -0.890. The number of amides is 1. The fraction of sp³-hybridized carbons (Fsp3) is 0.500. The van der Waals surface area contributed by atoms with Gasteiger partial charge in [0, 0.05) is 6.54 Å². The molecule has 1 aromatic carbocycles. The van der Waals surface area contributed by atoms with Crippen molar-refractivity contribution in [3.63, 3.8) is 0 Å². The summed E-state index contributed by atoms with van der Waals surface area (Å²) in [5, 5.41) is 12.6. The van der Waals surface area contributed by atoms with Gasteiger partial charge in [-0.25, -0.2) is 0 Å². The van der Waals surface area contributed by atoms with Crippen molar-refractivity contribution in [3.8, 4) is 17.2 Å². The number of carbonyl (C=O) groups excluding carboxylic acids is 1. The van der Waals surface area contributed by atoms with E-state index in [1.165, 1.54) is 14.2 Å². The zero-order chi connectivity index (χ0) is 18.7. The number of para-hydroxylation sites is 1. The largest absolute Gasteiger partial charge is 0.493 e. The molecule has 0 aliphatic carbocycles. The van der Waals surface area contributed by atoms with Crippen molar-refractivity contribution in [3.05, 3.63) is 30.9 Å². The molecule has 2 atom stereocenters. The van der Waals surface area contributed by atoms with E-state index < -0.39 is 12.2 Å². The van der Waals surface area contributed by atoms with Gasteiger partial charge in [0.15, 0.2) is 11.5 Å². The summed E-state index contributed by atoms with van der Waals surface area (Å²) in [7, 11) is 3.04. The van der Waals surface area contributed by atoms with Crippen molar-refractivity contribution in [2.24, 2.45) is 0 Å². The molecule has 2 N–H and O–H groups in total. The molecule has 1 aromatic rings. The van der Waals surface area contributed by atoms with E-state index in [1.807, 2.05) is 0 Å². The van der Waals surface area contributed by atoms with Crippen molar-refractivity contribution >= 4 is 5.91 Å². The van der Waals surface area contributed by atoms with E-state index in [0.717, 1.165) is 0 Å². The van der Waals surface area contributed by atoms with Gasteiger partial charge in [0.2, 0.25) is 11.7 Å². The molecule has 0 saturated heterocycles. The molecule has 140 valence electrons. The van der Waals surface area contributed by atoms with E-state index in [2.05, 4.69) is 11.9 Å². The Morgan fingerprint density at radius 2 is 1.96 bits per heavy atom. The van der Waals surface area contributed by atoms with Crippen LogP contribution in [0.5, 0.6) is 17.2 Å². The zero-order valence-electron chi connectivity index (χ0n) is 15.0. The summed E-state index contributed by atoms with van der Waals surface area (Å²) in [5.74, 6) is 1.11. The number of aliphatic hydroxyl groups is 1. The predicted octanol–water partition coefficient (Wildman–Crippen LogP) is 1.54. The second-order valence-electron chi connectivity index (χ2n) is 5.29. The van der Waals surface area contributed by atoms with Crippen LogP contribution in [0.3, 0.4) is 0 Å². The lowest BCUT2D eigenvalue weighted by molar-refractivity contribution is -0.132. The van der Waals surface area contributed by atoms with Crippen LogP contribution in [0.25, 0.3) is 0 Å². The SMILES string of the molecule is C=CCCOC(C)C(=O)NCC(O)COc1c(OC)cccc1OC. The summed E-state index contributed by atoms with van der Waals surface area (Å²) in [4.78, 5) is 11.9. The normalized spacial score (nSPS) is 12.8. The third-order valence-electron chi connectivity index (χ3n) is 3.37. The van der Waals surface area contributed by atoms with E-state index in [1.54, 1.807) is 31.2 Å². The first-order chi connectivity index (χ1) is 12.0. The summed E-state index contributed by atoms with van der Waals surface area (Å²) in [6.45, 7) is 5.69. The van der Waals surface area contributed by atoms with Crippen molar-refractivity contribution in [1.29, 1.82) is 0 Å². The number of methoxy groups -OCH3 is 2. The van der Waals surface area contributed by atoms with Crippen molar-refractivity contribution < 1.29 is 28.8 Å². The Balaban J connectivity index is 2.44. The van der Waals surface area contributed by atoms with Crippen LogP contribution in [0.15, 0.2) is 30.9 Å². The third-order valence-corrected chi connectivity index (χ3v) is 3.37. The maximum Gasteiger partial charge on any atom is 0.248 e. The average Bonchev–Trinajstić information content (AvgIpc) is 2.63. The molecule has 7 heteroatoms. The molecular formula is C18H27NO6. The van der Waals surface area contributed by atoms with Gasteiger partial charge in [-0.3, -0.25) is 4.79 Å². The molecule has 7 nitrogen and oxygen atoms in total. The fourth-order valence-electron chi connectivity index (χ4n) is 1.96. The van der Waals surface area contributed by atoms with Crippen LogP contribution in [0.1, 0.15) is 13.3 Å². The lowest BCUT2D eigenvalue weighted by Crippen LogP contribution is -2.40. The van der Waals surface area contributed by atoms with Crippen LogP contribution in [0.2, 0.25) is 0 Å². The highest BCUT2D eigenvalue weighted by atomic mass is 16.5. The Morgan fingerprint density at radius 1 is 1.32 bits per heavy atom. The number of benzene rings is 1. The molecule has 0 saturated carbocycles. The van der Waals surface area contributed by atoms with Crippen LogP contribution in [-0.4, -0.2) is 57.2 Å². The first-order valence-corrected chi connectivity index (χ1v) is 8.05. The highest BCUT2D eigenvalue weighted by Gasteiger charge is 2.16. The van der Waals surface area contributed by atoms with Crippen LogP contribution in [0.4, 0.5) is 0 Å². The van der Waals surface area contributed by atoms with Gasteiger partial charge in [0.05, 0.1) is 20.8 Å². The summed E-state index contributed by atoms with van der Waals surface area (Å²) in [6.07, 6.45) is 0.911. The van der Waals surface area contributed by atoms with Crippen molar-refractivity contribution in [1.82, 2.24) is 5.32 Å². The standard InChI is InChI=1S/C18H27NO6/c1-5-6-10-24-13(2)18(21)19-11-14(20)12-25-17-15(22-3)8-7-9-16(17)23-4/h5,7-9,13-14,20H,1,6,10-12H2,2-4H3,(H,19,21). The average molecular weight is 353 g/mol. The molecule has 2 unspecified atom stereocenters. The quantitative estimate of drug-likeness (QED) is 0.438. The second kappa shape index (κ2) is 11.3. The third kappa shape index (κ3) is 7.03. The molecule has 1 amide bonds. The molecule has 0 spiro atoms. The molecule has 0 heterocycles. The molecule has 0 aliphatic rings. The Bertz CT molecular complexity index is 526. The Kier molecular flexibility index (Phi) is 9.42. The van der Waals surface area contributed by atoms with Gasteiger partial charge < -0.3 is 29.4 Å². The van der Waals surface area contributed by atoms with E-state index in [4.69, 9.17) is 18.9 Å². The summed E-state index contributed by atoms with van der Waals surface area (Å²) in [5.41, 5.74) is 0. The highest BCUT2D eigenvalue weighted by molar-refractivity contribution is 5.80. The predicted molar refractivity (Wildman–Crippen MR) is 94.3 cm³/mol. The molecule has 0 radical (unpaired) electrons. The first-order valence-electron chi connectivity index (χ1n) is 8.05. The Labute approximate surface area is 148 Å². The van der Waals surface area contributed by atoms with Gasteiger partial charge in [-0.2, -0.15) is 0 Å². The van der Waals surface area contributed by atoms with Gasteiger partial charge in [-0.15, -0.1) is 6.58 Å². The van der Waals surface area contributed by atoms with Gasteiger partial charge in [-0.1, -0.05) is 12.1 Å². The molecule has 0 aliphatic heterocycles. The number of aliphatic hydroxyl groups excluding tert-OH is 1. The van der Waals surface area contributed by atoms with Gasteiger partial charge >= 0.3 is 0 Å². The molecule has 1 rings (SSSR count). The van der Waals surface area contributed by atoms with Crippen LogP contribution >= 0.6 is 0 Å². The van der Waals surface area contributed by atoms with E-state index in [0.29, 0.717) is 30.3 Å². The number of carbonyl (C=O) groups is 1. The van der Waals surface area contributed by atoms with E-state index in [-0.39, 0.29) is 19.1 Å². The van der Waals surface area contributed by atoms with Crippen molar-refractivity contribution in [2.75, 3.05) is 34.0 Å². The Morgan fingerprint density at radius 3 is 2.52 bits per heavy atom. The van der Waals surface area contributed by atoms with Gasteiger partial charge in [0.1, 0.15) is 18.8 Å². The van der Waals surface area contributed by atoms with E-state index >= 15 is 0 Å². The lowest BCUT2D eigenvalue weighted by atomic mass is 10.3. The number of ether oxygens (including phenoxy) is 4. The topological polar surface area (TPSA) is 86.3 Å². The van der Waals surface area contributed by atoms with E-state index in [9.17, 15) is 9.90 Å². The van der Waals surface area contributed by atoms with Gasteiger partial charge in [0.25, 0.3) is 0 Å². The molecule has 0 aromatic heterocycles. The van der Waals surface area contributed by atoms with Gasteiger partial charge in [-0.05, 0) is 25.5 Å². The zero-order valence-corrected chi connectivity index (χ0v) is 15.0. The minimum Gasteiger partial charge on any atom is -0.493 e. The summed E-state index contributed by atoms with van der Waals surface area (Å²) >= 11 is 0. The second-order valence-corrected chi connectivity index (χ2v) is 5.29. The first kappa shape index (κ1) is 20.8. The maximum absolute atomic E-state index is 11.9. The van der Waals surface area contributed by atoms with Crippen molar-refractivity contribution in [2.45, 2.75) is 25.6 Å². The lowest BCUT2D eigenvalue weighted by Gasteiger charge is -2.18. The highest BCUT2D eigenvalue weighted by Crippen LogP contribution is 2.36. The maximum atomic E-state index is 11.9. The molecular weight excluding hydrogens is 326 g/mol. The monoisotopic (exact) mass is 353 g/mol. The fourth-order valence-corrected chi connectivity index (χ4v) is 1.96. The van der Waals surface area contributed by atoms with Crippen LogP contribution in [-0.2, 0) is 9.53 Å². The molecule has 25 heavy (non-hydrogen) atoms. The number of rotatable bonds is 12. The smallest absolute Gasteiger partial charge is 0.248 e. The minimum absolute atomic E-state index is 0.0251. The summed E-state index contributed by atoms with van der Waals surface area (Å²) in [6, 6.07) is 5.23. The van der Waals surface area contributed by atoms with Crippen LogP contribution in [0, 0.1) is 0 Å². The number of hydrogen-bond acceptors (Lipinski definition) is 6. The number of hydrogen-bond donors (Lipinski definition) is 2. The summed E-state index contributed by atoms with van der Waals surface area (Å²) < 4.78 is 21.4. The van der Waals surface area contributed by atoms with Crippen LogP contribution < -0.4 is 19.5 Å².